The fourth-order valence-electron chi connectivity index (χ4n) is 4.40. The van der Waals surface area contributed by atoms with E-state index in [9.17, 15) is 0 Å². The maximum atomic E-state index is 3.94. The number of hydrogen-bond donors (Lipinski definition) is 1. The van der Waals surface area contributed by atoms with Crippen LogP contribution in [0, 0.1) is 17.8 Å². The molecule has 0 bridgehead atoms. The lowest BCUT2D eigenvalue weighted by atomic mass is 9.82. The van der Waals surface area contributed by atoms with E-state index in [1.807, 2.05) is 0 Å². The van der Waals surface area contributed by atoms with Crippen LogP contribution in [0.1, 0.15) is 65.2 Å². The van der Waals surface area contributed by atoms with Gasteiger partial charge in [-0.2, -0.15) is 0 Å². The van der Waals surface area contributed by atoms with Gasteiger partial charge in [0.15, 0.2) is 0 Å². The van der Waals surface area contributed by atoms with E-state index in [2.05, 4.69) is 24.1 Å². The summed E-state index contributed by atoms with van der Waals surface area (Å²) in [6.07, 6.45) is 11.7. The van der Waals surface area contributed by atoms with Gasteiger partial charge in [0.25, 0.3) is 0 Å². The van der Waals surface area contributed by atoms with Gasteiger partial charge in [-0.25, -0.2) is 0 Å². The summed E-state index contributed by atoms with van der Waals surface area (Å²) < 4.78 is 0. The zero-order valence-corrected chi connectivity index (χ0v) is 13.6. The molecule has 0 amide bonds. The van der Waals surface area contributed by atoms with Crippen molar-refractivity contribution in [2.75, 3.05) is 19.6 Å². The fourth-order valence-corrected chi connectivity index (χ4v) is 4.40. The molecule has 0 aromatic heterocycles. The molecule has 1 N–H and O–H groups in total. The smallest absolute Gasteiger partial charge is 0.0198 e. The van der Waals surface area contributed by atoms with E-state index < -0.39 is 0 Å². The van der Waals surface area contributed by atoms with E-state index in [0.717, 1.165) is 29.8 Å². The number of piperidine rings is 1. The molecule has 0 spiro atoms. The third-order valence-electron chi connectivity index (χ3n) is 6.22. The molecule has 20 heavy (non-hydrogen) atoms. The second kappa shape index (κ2) is 6.79. The van der Waals surface area contributed by atoms with Crippen molar-refractivity contribution in [1.82, 2.24) is 10.2 Å². The van der Waals surface area contributed by atoms with Crippen molar-refractivity contribution >= 4 is 0 Å². The summed E-state index contributed by atoms with van der Waals surface area (Å²) in [4.78, 5) is 2.82. The van der Waals surface area contributed by atoms with Gasteiger partial charge in [-0.1, -0.05) is 33.1 Å². The minimum Gasteiger partial charge on any atom is -0.312 e. The van der Waals surface area contributed by atoms with Crippen LogP contribution in [0.3, 0.4) is 0 Å². The van der Waals surface area contributed by atoms with Crippen LogP contribution in [0.5, 0.6) is 0 Å². The normalized spacial score (nSPS) is 33.8. The van der Waals surface area contributed by atoms with Crippen LogP contribution in [0.4, 0.5) is 0 Å². The Morgan fingerprint density at radius 2 is 1.75 bits per heavy atom. The van der Waals surface area contributed by atoms with E-state index in [1.165, 1.54) is 71.0 Å². The molecule has 116 valence electrons. The van der Waals surface area contributed by atoms with E-state index in [-0.39, 0.29) is 0 Å². The highest BCUT2D eigenvalue weighted by molar-refractivity contribution is 4.91. The Hall–Kier alpha value is -0.0800. The van der Waals surface area contributed by atoms with Crippen LogP contribution < -0.4 is 5.32 Å². The van der Waals surface area contributed by atoms with Gasteiger partial charge in [-0.3, -0.25) is 4.90 Å². The second-order valence-electron chi connectivity index (χ2n) is 8.03. The highest BCUT2D eigenvalue weighted by atomic mass is 15.2. The van der Waals surface area contributed by atoms with Gasteiger partial charge >= 0.3 is 0 Å². The summed E-state index contributed by atoms with van der Waals surface area (Å²) in [5, 5.41) is 3.94. The molecule has 1 aliphatic heterocycles. The van der Waals surface area contributed by atoms with Crippen LogP contribution in [-0.2, 0) is 0 Å². The summed E-state index contributed by atoms with van der Waals surface area (Å²) >= 11 is 0. The molecule has 2 atom stereocenters. The third-order valence-corrected chi connectivity index (χ3v) is 6.22. The lowest BCUT2D eigenvalue weighted by Crippen LogP contribution is -2.55. The number of rotatable bonds is 5. The van der Waals surface area contributed by atoms with Gasteiger partial charge in [-0.05, 0) is 56.4 Å². The highest BCUT2D eigenvalue weighted by Gasteiger charge is 2.34. The number of nitrogens with zero attached hydrogens (tertiary/aromatic N) is 1. The van der Waals surface area contributed by atoms with Gasteiger partial charge in [0.2, 0.25) is 0 Å². The van der Waals surface area contributed by atoms with Gasteiger partial charge in [0.05, 0.1) is 0 Å². The van der Waals surface area contributed by atoms with Crippen molar-refractivity contribution in [3.8, 4) is 0 Å². The van der Waals surface area contributed by atoms with Crippen LogP contribution >= 0.6 is 0 Å². The van der Waals surface area contributed by atoms with Gasteiger partial charge in [-0.15, -0.1) is 0 Å². The summed E-state index contributed by atoms with van der Waals surface area (Å²) in [6.45, 7) is 8.81. The molecular formula is C18H34N2. The molecule has 1 heterocycles. The SMILES string of the molecule is CC(C)C1CC(NCC2CCCC2)CN(C2CCC2)C1. The lowest BCUT2D eigenvalue weighted by molar-refractivity contribution is 0.0444. The van der Waals surface area contributed by atoms with E-state index in [4.69, 9.17) is 0 Å². The topological polar surface area (TPSA) is 15.3 Å². The Balaban J connectivity index is 1.51. The Labute approximate surface area is 125 Å². The molecular weight excluding hydrogens is 244 g/mol. The van der Waals surface area contributed by atoms with Crippen molar-refractivity contribution in [3.63, 3.8) is 0 Å². The number of nitrogens with one attached hydrogen (secondary N) is 1. The number of likely N-dealkylation sites (tertiary alicyclic amines) is 1. The third kappa shape index (κ3) is 3.57. The standard InChI is InChI=1S/C18H34N2/c1-14(2)16-10-17(19-11-15-6-3-4-7-15)13-20(12-16)18-8-5-9-18/h14-19H,3-13H2,1-2H3. The fraction of sp³-hybridized carbons (Fsp3) is 1.00. The van der Waals surface area contributed by atoms with Crippen molar-refractivity contribution in [1.29, 1.82) is 0 Å². The first-order valence-corrected chi connectivity index (χ1v) is 9.20. The summed E-state index contributed by atoms with van der Waals surface area (Å²) in [6, 6.07) is 1.68. The van der Waals surface area contributed by atoms with Crippen LogP contribution in [-0.4, -0.2) is 36.6 Å². The molecule has 2 saturated carbocycles. The summed E-state index contributed by atoms with van der Waals surface area (Å²) in [7, 11) is 0. The summed E-state index contributed by atoms with van der Waals surface area (Å²) in [5.74, 6) is 2.73. The van der Waals surface area contributed by atoms with Crippen LogP contribution in [0.25, 0.3) is 0 Å². The zero-order chi connectivity index (χ0) is 13.9. The Morgan fingerprint density at radius 3 is 2.35 bits per heavy atom. The first kappa shape index (κ1) is 14.8. The van der Waals surface area contributed by atoms with E-state index >= 15 is 0 Å². The number of hydrogen-bond acceptors (Lipinski definition) is 2. The maximum absolute atomic E-state index is 3.94. The molecule has 3 aliphatic rings. The van der Waals surface area contributed by atoms with Crippen molar-refractivity contribution in [2.24, 2.45) is 17.8 Å². The second-order valence-corrected chi connectivity index (χ2v) is 8.03. The quantitative estimate of drug-likeness (QED) is 0.825. The van der Waals surface area contributed by atoms with Crippen molar-refractivity contribution in [3.05, 3.63) is 0 Å². The molecule has 2 aliphatic carbocycles. The molecule has 1 saturated heterocycles. The van der Waals surface area contributed by atoms with Crippen molar-refractivity contribution < 1.29 is 0 Å². The Morgan fingerprint density at radius 1 is 1.00 bits per heavy atom. The predicted molar refractivity (Wildman–Crippen MR) is 85.9 cm³/mol. The minimum atomic E-state index is 0.761. The van der Waals surface area contributed by atoms with Crippen LogP contribution in [0.15, 0.2) is 0 Å². The molecule has 3 fully saturated rings. The average Bonchev–Trinajstić information content (AvgIpc) is 2.87. The minimum absolute atomic E-state index is 0.761. The van der Waals surface area contributed by atoms with Gasteiger partial charge in [0.1, 0.15) is 0 Å². The van der Waals surface area contributed by atoms with Crippen molar-refractivity contribution in [2.45, 2.75) is 77.3 Å². The largest absolute Gasteiger partial charge is 0.312 e. The molecule has 0 aromatic rings. The van der Waals surface area contributed by atoms with Gasteiger partial charge in [0, 0.05) is 25.2 Å². The molecule has 2 nitrogen and oxygen atoms in total. The van der Waals surface area contributed by atoms with E-state index in [1.54, 1.807) is 0 Å². The molecule has 0 aromatic carbocycles. The average molecular weight is 278 g/mol. The first-order chi connectivity index (χ1) is 9.72. The van der Waals surface area contributed by atoms with Crippen LogP contribution in [0.2, 0.25) is 0 Å². The Kier molecular flexibility index (Phi) is 5.04. The lowest BCUT2D eigenvalue weighted by Gasteiger charge is -2.46. The van der Waals surface area contributed by atoms with E-state index in [0.29, 0.717) is 0 Å². The maximum Gasteiger partial charge on any atom is 0.0198 e. The van der Waals surface area contributed by atoms with Gasteiger partial charge < -0.3 is 5.32 Å². The summed E-state index contributed by atoms with van der Waals surface area (Å²) in [5.41, 5.74) is 0. The Bertz CT molecular complexity index is 292. The predicted octanol–water partition coefficient (Wildman–Crippen LogP) is 3.67. The molecule has 2 heteroatoms. The molecule has 0 radical (unpaired) electrons. The molecule has 2 unspecified atom stereocenters. The highest BCUT2D eigenvalue weighted by Crippen LogP contribution is 2.32. The first-order valence-electron chi connectivity index (χ1n) is 9.20. The zero-order valence-electron chi connectivity index (χ0n) is 13.6. The monoisotopic (exact) mass is 278 g/mol. The molecule has 3 rings (SSSR count).